The van der Waals surface area contributed by atoms with Gasteiger partial charge in [0.15, 0.2) is 0 Å². The zero-order valence-electron chi connectivity index (χ0n) is 18.6. The standard InChI is InChI=1S/C28H27BO2/c1-27(2)28(3,4)31-29(30-27)24-18-22(20-11-6-5-7-12-20)17-23(19-24)26-16-10-14-21-13-8-9-15-25(21)26/h5-19H,1-4H3. The van der Waals surface area contributed by atoms with Crippen LogP contribution < -0.4 is 5.46 Å². The van der Waals surface area contributed by atoms with Crippen molar-refractivity contribution < 1.29 is 9.31 Å². The Bertz CT molecular complexity index is 1220. The Balaban J connectivity index is 1.70. The van der Waals surface area contributed by atoms with Gasteiger partial charge in [-0.25, -0.2) is 0 Å². The van der Waals surface area contributed by atoms with E-state index in [2.05, 4.69) is 113 Å². The molecule has 3 heteroatoms. The molecule has 1 heterocycles. The number of fused-ring (bicyclic) bond motifs is 1. The van der Waals surface area contributed by atoms with Crippen LogP contribution in [0.5, 0.6) is 0 Å². The highest BCUT2D eigenvalue weighted by Crippen LogP contribution is 2.38. The van der Waals surface area contributed by atoms with E-state index >= 15 is 0 Å². The zero-order chi connectivity index (χ0) is 21.6. The van der Waals surface area contributed by atoms with Crippen molar-refractivity contribution in [2.24, 2.45) is 0 Å². The van der Waals surface area contributed by atoms with Gasteiger partial charge in [-0.1, -0.05) is 84.9 Å². The van der Waals surface area contributed by atoms with Crippen LogP contribution in [0.2, 0.25) is 0 Å². The van der Waals surface area contributed by atoms with Crippen molar-refractivity contribution >= 4 is 23.4 Å². The Hall–Kier alpha value is -2.88. The molecule has 0 radical (unpaired) electrons. The molecule has 1 aliphatic heterocycles. The Morgan fingerprint density at radius 1 is 0.581 bits per heavy atom. The van der Waals surface area contributed by atoms with Crippen molar-refractivity contribution in [3.05, 3.63) is 91.0 Å². The van der Waals surface area contributed by atoms with Crippen molar-refractivity contribution in [3.8, 4) is 22.3 Å². The summed E-state index contributed by atoms with van der Waals surface area (Å²) in [5.41, 5.74) is 5.03. The molecule has 0 spiro atoms. The molecule has 0 atom stereocenters. The third-order valence-corrected chi connectivity index (χ3v) is 6.69. The van der Waals surface area contributed by atoms with Crippen LogP contribution in [-0.4, -0.2) is 18.3 Å². The molecule has 0 bridgehead atoms. The van der Waals surface area contributed by atoms with Crippen LogP contribution in [0.3, 0.4) is 0 Å². The fraction of sp³-hybridized carbons (Fsp3) is 0.214. The molecule has 1 saturated heterocycles. The van der Waals surface area contributed by atoms with Crippen LogP contribution in [0.4, 0.5) is 0 Å². The number of hydrogen-bond acceptors (Lipinski definition) is 2. The van der Waals surface area contributed by atoms with E-state index in [1.54, 1.807) is 0 Å². The quantitative estimate of drug-likeness (QED) is 0.363. The second-order valence-electron chi connectivity index (χ2n) is 9.32. The summed E-state index contributed by atoms with van der Waals surface area (Å²) in [4.78, 5) is 0. The molecule has 1 fully saturated rings. The molecule has 0 N–H and O–H groups in total. The Labute approximate surface area is 185 Å². The lowest BCUT2D eigenvalue weighted by atomic mass is 9.76. The number of rotatable bonds is 3. The first-order valence-corrected chi connectivity index (χ1v) is 10.9. The normalized spacial score (nSPS) is 17.2. The predicted molar refractivity (Wildman–Crippen MR) is 131 cm³/mol. The summed E-state index contributed by atoms with van der Waals surface area (Å²) >= 11 is 0. The highest BCUT2D eigenvalue weighted by Gasteiger charge is 2.51. The molecule has 4 aromatic rings. The first-order chi connectivity index (χ1) is 14.8. The molecule has 31 heavy (non-hydrogen) atoms. The van der Waals surface area contributed by atoms with Crippen molar-refractivity contribution in [1.82, 2.24) is 0 Å². The number of hydrogen-bond donors (Lipinski definition) is 0. The van der Waals surface area contributed by atoms with E-state index < -0.39 is 7.12 Å². The molecule has 0 aliphatic carbocycles. The summed E-state index contributed by atoms with van der Waals surface area (Å²) in [5, 5.41) is 2.48. The van der Waals surface area contributed by atoms with Crippen molar-refractivity contribution in [2.45, 2.75) is 38.9 Å². The van der Waals surface area contributed by atoms with E-state index in [9.17, 15) is 0 Å². The summed E-state index contributed by atoms with van der Waals surface area (Å²) in [6.45, 7) is 8.39. The van der Waals surface area contributed by atoms with Gasteiger partial charge < -0.3 is 9.31 Å². The second kappa shape index (κ2) is 7.37. The van der Waals surface area contributed by atoms with Crippen LogP contribution >= 0.6 is 0 Å². The predicted octanol–water partition coefficient (Wildman–Crippen LogP) is 6.47. The van der Waals surface area contributed by atoms with Gasteiger partial charge in [0, 0.05) is 0 Å². The lowest BCUT2D eigenvalue weighted by Crippen LogP contribution is -2.41. The largest absolute Gasteiger partial charge is 0.494 e. The summed E-state index contributed by atoms with van der Waals surface area (Å²) in [6.07, 6.45) is 0. The summed E-state index contributed by atoms with van der Waals surface area (Å²) in [6, 6.07) is 32.2. The van der Waals surface area contributed by atoms with E-state index in [-0.39, 0.29) is 11.2 Å². The molecule has 1 aliphatic rings. The molecular formula is C28H27BO2. The van der Waals surface area contributed by atoms with E-state index in [1.807, 2.05) is 6.07 Å². The van der Waals surface area contributed by atoms with Gasteiger partial charge in [-0.3, -0.25) is 0 Å². The van der Waals surface area contributed by atoms with Gasteiger partial charge in [0.05, 0.1) is 11.2 Å². The van der Waals surface area contributed by atoms with Gasteiger partial charge in [0.2, 0.25) is 0 Å². The lowest BCUT2D eigenvalue weighted by Gasteiger charge is -2.32. The van der Waals surface area contributed by atoms with Gasteiger partial charge in [-0.15, -0.1) is 0 Å². The van der Waals surface area contributed by atoms with Crippen LogP contribution in [0.1, 0.15) is 27.7 Å². The summed E-state index contributed by atoms with van der Waals surface area (Å²) in [5.74, 6) is 0. The SMILES string of the molecule is CC1(C)OB(c2cc(-c3ccccc3)cc(-c3cccc4ccccc34)c2)OC1(C)C. The molecule has 5 rings (SSSR count). The molecule has 0 aromatic heterocycles. The van der Waals surface area contributed by atoms with Gasteiger partial charge in [-0.05, 0) is 72.3 Å². The van der Waals surface area contributed by atoms with E-state index in [1.165, 1.54) is 27.5 Å². The topological polar surface area (TPSA) is 18.5 Å². The van der Waals surface area contributed by atoms with E-state index in [0.29, 0.717) is 0 Å². The van der Waals surface area contributed by atoms with E-state index in [4.69, 9.17) is 9.31 Å². The Morgan fingerprint density at radius 2 is 1.19 bits per heavy atom. The number of benzene rings is 4. The lowest BCUT2D eigenvalue weighted by molar-refractivity contribution is 0.00578. The first-order valence-electron chi connectivity index (χ1n) is 10.9. The maximum Gasteiger partial charge on any atom is 0.494 e. The molecule has 154 valence electrons. The molecule has 4 aromatic carbocycles. The van der Waals surface area contributed by atoms with Crippen molar-refractivity contribution in [3.63, 3.8) is 0 Å². The highest BCUT2D eigenvalue weighted by molar-refractivity contribution is 6.62. The van der Waals surface area contributed by atoms with Crippen LogP contribution in [0.15, 0.2) is 91.0 Å². The van der Waals surface area contributed by atoms with Crippen LogP contribution in [0, 0.1) is 0 Å². The fourth-order valence-corrected chi connectivity index (χ4v) is 4.20. The van der Waals surface area contributed by atoms with Gasteiger partial charge in [-0.2, -0.15) is 0 Å². The minimum absolute atomic E-state index is 0.375. The van der Waals surface area contributed by atoms with Gasteiger partial charge >= 0.3 is 7.12 Å². The smallest absolute Gasteiger partial charge is 0.399 e. The van der Waals surface area contributed by atoms with Gasteiger partial charge in [0.25, 0.3) is 0 Å². The third-order valence-electron chi connectivity index (χ3n) is 6.69. The van der Waals surface area contributed by atoms with Crippen molar-refractivity contribution in [2.75, 3.05) is 0 Å². The Morgan fingerprint density at radius 3 is 1.94 bits per heavy atom. The average molecular weight is 406 g/mol. The van der Waals surface area contributed by atoms with Crippen LogP contribution in [0.25, 0.3) is 33.0 Å². The molecule has 0 amide bonds. The zero-order valence-corrected chi connectivity index (χ0v) is 18.6. The average Bonchev–Trinajstić information content (AvgIpc) is 3.00. The first kappa shape index (κ1) is 20.1. The second-order valence-corrected chi connectivity index (χ2v) is 9.32. The van der Waals surface area contributed by atoms with Crippen LogP contribution in [-0.2, 0) is 9.31 Å². The third kappa shape index (κ3) is 3.58. The fourth-order valence-electron chi connectivity index (χ4n) is 4.20. The maximum absolute atomic E-state index is 6.40. The molecule has 0 saturated carbocycles. The minimum Gasteiger partial charge on any atom is -0.399 e. The van der Waals surface area contributed by atoms with E-state index in [0.717, 1.165) is 11.0 Å². The van der Waals surface area contributed by atoms with Crippen molar-refractivity contribution in [1.29, 1.82) is 0 Å². The maximum atomic E-state index is 6.40. The highest BCUT2D eigenvalue weighted by atomic mass is 16.7. The Kier molecular flexibility index (Phi) is 4.77. The molecule has 2 nitrogen and oxygen atoms in total. The summed E-state index contributed by atoms with van der Waals surface area (Å²) in [7, 11) is -0.401. The molecule has 0 unspecified atom stereocenters. The van der Waals surface area contributed by atoms with Gasteiger partial charge in [0.1, 0.15) is 0 Å². The monoisotopic (exact) mass is 406 g/mol. The molecular weight excluding hydrogens is 379 g/mol. The summed E-state index contributed by atoms with van der Waals surface area (Å²) < 4.78 is 12.8. The minimum atomic E-state index is -0.401.